The predicted octanol–water partition coefficient (Wildman–Crippen LogP) is 1.52. The van der Waals surface area contributed by atoms with Crippen LogP contribution in [0, 0.1) is 11.8 Å². The normalized spacial score (nSPS) is 19.1. The molecule has 0 aromatic heterocycles. The Morgan fingerprint density at radius 2 is 1.83 bits per heavy atom. The van der Waals surface area contributed by atoms with Crippen LogP contribution < -0.4 is 10.6 Å². The lowest BCUT2D eigenvalue weighted by Gasteiger charge is -2.38. The third-order valence-electron chi connectivity index (χ3n) is 4.34. The van der Waals surface area contributed by atoms with Gasteiger partial charge in [0.25, 0.3) is 0 Å². The molecule has 0 unspecified atom stereocenters. The largest absolute Gasteiger partial charge is 0.453 e. The highest BCUT2D eigenvalue weighted by atomic mass is 16.5. The molecule has 0 aromatic rings. The van der Waals surface area contributed by atoms with Crippen LogP contribution in [0.15, 0.2) is 0 Å². The molecule has 2 atom stereocenters. The number of rotatable bonds is 6. The van der Waals surface area contributed by atoms with E-state index in [2.05, 4.69) is 15.4 Å². The van der Waals surface area contributed by atoms with Crippen molar-refractivity contribution in [1.29, 1.82) is 0 Å². The van der Waals surface area contributed by atoms with Crippen molar-refractivity contribution < 1.29 is 19.1 Å². The first-order valence-electron chi connectivity index (χ1n) is 8.70. The first kappa shape index (κ1) is 20.3. The molecular weight excluding hydrogens is 310 g/mol. The lowest BCUT2D eigenvalue weighted by molar-refractivity contribution is -0.138. The molecule has 0 bridgehead atoms. The van der Waals surface area contributed by atoms with Crippen molar-refractivity contribution >= 4 is 17.9 Å². The first-order valence-corrected chi connectivity index (χ1v) is 8.70. The van der Waals surface area contributed by atoms with E-state index in [1.54, 1.807) is 4.90 Å². The van der Waals surface area contributed by atoms with E-state index in [0.29, 0.717) is 13.1 Å². The van der Waals surface area contributed by atoms with Gasteiger partial charge in [-0.3, -0.25) is 9.59 Å². The van der Waals surface area contributed by atoms with E-state index in [9.17, 15) is 14.4 Å². The molecule has 1 saturated heterocycles. The van der Waals surface area contributed by atoms with E-state index in [4.69, 9.17) is 0 Å². The Bertz CT molecular complexity index is 451. The predicted molar refractivity (Wildman–Crippen MR) is 91.4 cm³/mol. The highest BCUT2D eigenvalue weighted by Crippen LogP contribution is 2.19. The summed E-state index contributed by atoms with van der Waals surface area (Å²) in [7, 11) is 1.28. The fourth-order valence-electron chi connectivity index (χ4n) is 2.80. The quantitative estimate of drug-likeness (QED) is 0.767. The Labute approximate surface area is 144 Å². The van der Waals surface area contributed by atoms with Crippen LogP contribution in [-0.2, 0) is 14.3 Å². The minimum atomic E-state index is -0.626. The van der Waals surface area contributed by atoms with Gasteiger partial charge in [-0.05, 0) is 25.2 Å². The summed E-state index contributed by atoms with van der Waals surface area (Å²) >= 11 is 0. The van der Waals surface area contributed by atoms with Gasteiger partial charge in [0.1, 0.15) is 6.04 Å². The summed E-state index contributed by atoms with van der Waals surface area (Å²) < 4.78 is 4.62. The van der Waals surface area contributed by atoms with Crippen molar-refractivity contribution in [2.75, 3.05) is 20.2 Å². The molecule has 1 heterocycles. The standard InChI is InChI=1S/C17H31N3O4/c1-11(2)14(19-17(23)24-5)16(22)20-9-7-6-8-13(20)10-18-15(21)12(3)4/h11-14H,6-10H2,1-5H3,(H,18,21)(H,19,23)/t13-,14-/m0/s1. The Morgan fingerprint density at radius 3 is 2.38 bits per heavy atom. The van der Waals surface area contributed by atoms with Gasteiger partial charge >= 0.3 is 6.09 Å². The van der Waals surface area contributed by atoms with Crippen molar-refractivity contribution in [1.82, 2.24) is 15.5 Å². The molecule has 1 aliphatic heterocycles. The smallest absolute Gasteiger partial charge is 0.407 e. The van der Waals surface area contributed by atoms with Crippen LogP contribution in [0.2, 0.25) is 0 Å². The van der Waals surface area contributed by atoms with E-state index < -0.39 is 12.1 Å². The second-order valence-corrected chi connectivity index (χ2v) is 6.94. The number of hydrogen-bond acceptors (Lipinski definition) is 4. The van der Waals surface area contributed by atoms with Gasteiger partial charge in [-0.15, -0.1) is 0 Å². The topological polar surface area (TPSA) is 87.7 Å². The van der Waals surface area contributed by atoms with Crippen LogP contribution in [0.25, 0.3) is 0 Å². The fourth-order valence-corrected chi connectivity index (χ4v) is 2.80. The minimum Gasteiger partial charge on any atom is -0.453 e. The number of methoxy groups -OCH3 is 1. The maximum atomic E-state index is 12.9. The van der Waals surface area contributed by atoms with E-state index in [1.807, 2.05) is 27.7 Å². The van der Waals surface area contributed by atoms with Gasteiger partial charge in [0.05, 0.1) is 7.11 Å². The highest BCUT2D eigenvalue weighted by molar-refractivity contribution is 5.86. The van der Waals surface area contributed by atoms with Crippen molar-refractivity contribution in [2.24, 2.45) is 11.8 Å². The fraction of sp³-hybridized carbons (Fsp3) is 0.824. The van der Waals surface area contributed by atoms with Gasteiger partial charge in [0.2, 0.25) is 11.8 Å². The van der Waals surface area contributed by atoms with Gasteiger partial charge < -0.3 is 20.3 Å². The summed E-state index contributed by atoms with van der Waals surface area (Å²) in [6, 6.07) is -0.659. The second kappa shape index (κ2) is 9.49. The van der Waals surface area contributed by atoms with E-state index in [-0.39, 0.29) is 29.7 Å². The van der Waals surface area contributed by atoms with Gasteiger partial charge in [0, 0.05) is 25.0 Å². The van der Waals surface area contributed by atoms with Crippen LogP contribution in [0.5, 0.6) is 0 Å². The first-order chi connectivity index (χ1) is 11.3. The Morgan fingerprint density at radius 1 is 1.17 bits per heavy atom. The summed E-state index contributed by atoms with van der Waals surface area (Å²) in [5.41, 5.74) is 0. The number of carbonyl (C=O) groups excluding carboxylic acids is 3. The van der Waals surface area contributed by atoms with Crippen LogP contribution in [-0.4, -0.2) is 55.1 Å². The number of ether oxygens (including phenoxy) is 1. The van der Waals surface area contributed by atoms with Crippen molar-refractivity contribution in [3.05, 3.63) is 0 Å². The number of amides is 3. The second-order valence-electron chi connectivity index (χ2n) is 6.94. The Kier molecular flexibility index (Phi) is 8.01. The summed E-state index contributed by atoms with van der Waals surface area (Å²) in [5.74, 6) is -0.258. The summed E-state index contributed by atoms with van der Waals surface area (Å²) in [4.78, 5) is 38.0. The number of nitrogens with one attached hydrogen (secondary N) is 2. The van der Waals surface area contributed by atoms with Crippen LogP contribution in [0.3, 0.4) is 0 Å². The van der Waals surface area contributed by atoms with Gasteiger partial charge in [-0.2, -0.15) is 0 Å². The number of hydrogen-bond donors (Lipinski definition) is 2. The third-order valence-corrected chi connectivity index (χ3v) is 4.34. The van der Waals surface area contributed by atoms with Gasteiger partial charge in [-0.1, -0.05) is 27.7 Å². The minimum absolute atomic E-state index is 0.0129. The molecule has 7 nitrogen and oxygen atoms in total. The van der Waals surface area contributed by atoms with Gasteiger partial charge in [-0.25, -0.2) is 4.79 Å². The van der Waals surface area contributed by atoms with Crippen LogP contribution in [0.1, 0.15) is 47.0 Å². The molecular formula is C17H31N3O4. The molecule has 0 radical (unpaired) electrons. The maximum Gasteiger partial charge on any atom is 0.407 e. The number of nitrogens with zero attached hydrogens (tertiary/aromatic N) is 1. The third kappa shape index (κ3) is 5.69. The van der Waals surface area contributed by atoms with Crippen molar-refractivity contribution in [3.63, 3.8) is 0 Å². The average molecular weight is 341 g/mol. The average Bonchev–Trinajstić information content (AvgIpc) is 2.56. The molecule has 0 saturated carbocycles. The van der Waals surface area contributed by atoms with Crippen LogP contribution in [0.4, 0.5) is 4.79 Å². The molecule has 0 spiro atoms. The molecule has 138 valence electrons. The molecule has 0 aliphatic carbocycles. The molecule has 1 fully saturated rings. The number of alkyl carbamates (subject to hydrolysis) is 1. The number of likely N-dealkylation sites (tertiary alicyclic amines) is 1. The lowest BCUT2D eigenvalue weighted by atomic mass is 9.97. The van der Waals surface area contributed by atoms with Crippen molar-refractivity contribution in [3.8, 4) is 0 Å². The maximum absolute atomic E-state index is 12.9. The molecule has 0 aromatic carbocycles. The molecule has 24 heavy (non-hydrogen) atoms. The zero-order chi connectivity index (χ0) is 18.3. The van der Waals surface area contributed by atoms with E-state index >= 15 is 0 Å². The molecule has 1 aliphatic rings. The van der Waals surface area contributed by atoms with E-state index in [1.165, 1.54) is 7.11 Å². The highest BCUT2D eigenvalue weighted by Gasteiger charge is 2.34. The summed E-state index contributed by atoms with van der Waals surface area (Å²) in [6.07, 6.45) is 2.21. The summed E-state index contributed by atoms with van der Waals surface area (Å²) in [5, 5.41) is 5.54. The summed E-state index contributed by atoms with van der Waals surface area (Å²) in [6.45, 7) is 8.55. The lowest BCUT2D eigenvalue weighted by Crippen LogP contribution is -2.57. The van der Waals surface area contributed by atoms with Gasteiger partial charge in [0.15, 0.2) is 0 Å². The van der Waals surface area contributed by atoms with E-state index in [0.717, 1.165) is 19.3 Å². The Balaban J connectivity index is 2.78. The molecule has 7 heteroatoms. The molecule has 3 amide bonds. The molecule has 1 rings (SSSR count). The zero-order valence-corrected chi connectivity index (χ0v) is 15.4. The van der Waals surface area contributed by atoms with Crippen LogP contribution >= 0.6 is 0 Å². The monoisotopic (exact) mass is 341 g/mol. The number of piperidine rings is 1. The Hall–Kier alpha value is -1.79. The number of carbonyl (C=O) groups is 3. The SMILES string of the molecule is COC(=O)N[C@H](C(=O)N1CCCC[C@H]1CNC(=O)C(C)C)C(C)C. The zero-order valence-electron chi connectivity index (χ0n) is 15.4. The van der Waals surface area contributed by atoms with Crippen molar-refractivity contribution in [2.45, 2.75) is 59.0 Å². The molecule has 2 N–H and O–H groups in total.